The minimum atomic E-state index is -3.03. The van der Waals surface area contributed by atoms with E-state index in [1.165, 1.54) is 0 Å². The van der Waals surface area contributed by atoms with Gasteiger partial charge in [-0.1, -0.05) is 6.42 Å². The van der Waals surface area contributed by atoms with E-state index in [0.29, 0.717) is 6.42 Å². The third-order valence-corrected chi connectivity index (χ3v) is 5.12. The standard InChI is InChI=1S/C8H13NO4S/c10-8-9-6(5-13-8)7-3-1-2-4-14(7,11)12/h6-7H,1-5H2,(H,9,10). The fraction of sp³-hybridized carbons (Fsp3) is 0.875. The van der Waals surface area contributed by atoms with Gasteiger partial charge in [0, 0.05) is 0 Å². The number of hydrogen-bond donors (Lipinski definition) is 1. The smallest absolute Gasteiger partial charge is 0.407 e. The zero-order chi connectivity index (χ0) is 10.2. The van der Waals surface area contributed by atoms with Gasteiger partial charge in [-0.2, -0.15) is 0 Å². The molecule has 2 fully saturated rings. The summed E-state index contributed by atoms with van der Waals surface area (Å²) in [5, 5.41) is 2.10. The van der Waals surface area contributed by atoms with Gasteiger partial charge in [-0.25, -0.2) is 13.2 Å². The molecule has 2 unspecified atom stereocenters. The second kappa shape index (κ2) is 3.42. The lowest BCUT2D eigenvalue weighted by atomic mass is 10.1. The SMILES string of the molecule is O=C1NC(C2CCCCS2(=O)=O)CO1. The van der Waals surface area contributed by atoms with Gasteiger partial charge in [0.05, 0.1) is 17.0 Å². The minimum Gasteiger partial charge on any atom is -0.447 e. The molecular weight excluding hydrogens is 206 g/mol. The van der Waals surface area contributed by atoms with Crippen molar-refractivity contribution >= 4 is 15.9 Å². The van der Waals surface area contributed by atoms with Gasteiger partial charge in [-0.05, 0) is 12.8 Å². The van der Waals surface area contributed by atoms with E-state index >= 15 is 0 Å². The lowest BCUT2D eigenvalue weighted by molar-refractivity contribution is 0.176. The number of sulfone groups is 1. The van der Waals surface area contributed by atoms with Gasteiger partial charge >= 0.3 is 6.09 Å². The van der Waals surface area contributed by atoms with Crippen LogP contribution < -0.4 is 5.32 Å². The van der Waals surface area contributed by atoms with Gasteiger partial charge in [0.25, 0.3) is 0 Å². The summed E-state index contributed by atoms with van der Waals surface area (Å²) < 4.78 is 28.0. The molecule has 2 atom stereocenters. The van der Waals surface area contributed by atoms with Crippen LogP contribution in [0.15, 0.2) is 0 Å². The van der Waals surface area contributed by atoms with Gasteiger partial charge in [0.15, 0.2) is 9.84 Å². The molecule has 2 heterocycles. The van der Waals surface area contributed by atoms with E-state index in [4.69, 9.17) is 4.74 Å². The summed E-state index contributed by atoms with van der Waals surface area (Å²) in [6, 6.07) is -0.340. The lowest BCUT2D eigenvalue weighted by Crippen LogP contribution is -2.45. The molecule has 5 nitrogen and oxygen atoms in total. The Morgan fingerprint density at radius 3 is 2.71 bits per heavy atom. The maximum atomic E-state index is 11.7. The molecule has 80 valence electrons. The summed E-state index contributed by atoms with van der Waals surface area (Å²) in [6.07, 6.45) is 1.78. The number of amides is 1. The van der Waals surface area contributed by atoms with Gasteiger partial charge < -0.3 is 10.1 Å². The average molecular weight is 219 g/mol. The predicted octanol–water partition coefficient (Wildman–Crippen LogP) is 0.0621. The predicted molar refractivity (Wildman–Crippen MR) is 49.7 cm³/mol. The van der Waals surface area contributed by atoms with Gasteiger partial charge in [-0.3, -0.25) is 0 Å². The number of carbonyl (C=O) groups excluding carboxylic acids is 1. The first-order valence-corrected chi connectivity index (χ1v) is 6.46. The van der Waals surface area contributed by atoms with Crippen molar-refractivity contribution in [1.82, 2.24) is 5.32 Å². The van der Waals surface area contributed by atoms with Crippen LogP contribution in [0.3, 0.4) is 0 Å². The summed E-state index contributed by atoms with van der Waals surface area (Å²) in [6.45, 7) is 0.183. The summed E-state index contributed by atoms with van der Waals surface area (Å²) >= 11 is 0. The van der Waals surface area contributed by atoms with Crippen molar-refractivity contribution in [2.45, 2.75) is 30.6 Å². The zero-order valence-electron chi connectivity index (χ0n) is 7.73. The lowest BCUT2D eigenvalue weighted by Gasteiger charge is -2.25. The number of carbonyl (C=O) groups is 1. The van der Waals surface area contributed by atoms with Crippen LogP contribution in [0.5, 0.6) is 0 Å². The molecule has 0 aromatic carbocycles. The van der Waals surface area contributed by atoms with E-state index in [1.54, 1.807) is 0 Å². The Bertz CT molecular complexity index is 337. The number of alkyl carbamates (subject to hydrolysis) is 1. The van der Waals surface area contributed by atoms with Crippen LogP contribution in [0.1, 0.15) is 19.3 Å². The fourth-order valence-corrected chi connectivity index (χ4v) is 4.11. The molecule has 0 saturated carbocycles. The molecule has 0 aromatic rings. The van der Waals surface area contributed by atoms with Crippen LogP contribution in [-0.2, 0) is 14.6 Å². The Morgan fingerprint density at radius 1 is 1.36 bits per heavy atom. The van der Waals surface area contributed by atoms with E-state index in [9.17, 15) is 13.2 Å². The van der Waals surface area contributed by atoms with Crippen molar-refractivity contribution < 1.29 is 17.9 Å². The van der Waals surface area contributed by atoms with E-state index < -0.39 is 21.2 Å². The van der Waals surface area contributed by atoms with E-state index in [2.05, 4.69) is 5.32 Å². The fourth-order valence-electron chi connectivity index (χ4n) is 2.03. The van der Waals surface area contributed by atoms with Crippen molar-refractivity contribution in [3.63, 3.8) is 0 Å². The Kier molecular flexibility index (Phi) is 2.38. The molecule has 6 heteroatoms. The van der Waals surface area contributed by atoms with Crippen molar-refractivity contribution in [1.29, 1.82) is 0 Å². The van der Waals surface area contributed by atoms with Crippen LogP contribution >= 0.6 is 0 Å². The second-order valence-corrected chi connectivity index (χ2v) is 6.09. The zero-order valence-corrected chi connectivity index (χ0v) is 8.55. The van der Waals surface area contributed by atoms with Gasteiger partial charge in [0.1, 0.15) is 6.61 Å². The Morgan fingerprint density at radius 2 is 2.14 bits per heavy atom. The average Bonchev–Trinajstić information content (AvgIpc) is 2.51. The molecular formula is C8H13NO4S. The molecule has 2 saturated heterocycles. The normalized spacial score (nSPS) is 36.1. The number of rotatable bonds is 1. The molecule has 1 N–H and O–H groups in total. The number of cyclic esters (lactones) is 1. The molecule has 14 heavy (non-hydrogen) atoms. The Labute approximate surface area is 82.7 Å². The largest absolute Gasteiger partial charge is 0.447 e. The van der Waals surface area contributed by atoms with Crippen LogP contribution in [-0.4, -0.2) is 38.2 Å². The number of hydrogen-bond acceptors (Lipinski definition) is 4. The molecule has 1 amide bonds. The molecule has 2 aliphatic rings. The van der Waals surface area contributed by atoms with E-state index in [0.717, 1.165) is 12.8 Å². The number of ether oxygens (including phenoxy) is 1. The monoisotopic (exact) mass is 219 g/mol. The van der Waals surface area contributed by atoms with Crippen molar-refractivity contribution in [3.05, 3.63) is 0 Å². The van der Waals surface area contributed by atoms with Gasteiger partial charge in [0.2, 0.25) is 0 Å². The third kappa shape index (κ3) is 1.70. The van der Waals surface area contributed by atoms with Crippen LogP contribution in [0.4, 0.5) is 4.79 Å². The third-order valence-electron chi connectivity index (χ3n) is 2.77. The summed E-state index contributed by atoms with van der Waals surface area (Å²) in [5.74, 6) is 0.240. The Balaban J connectivity index is 2.12. The molecule has 0 aromatic heterocycles. The van der Waals surface area contributed by atoms with Crippen LogP contribution in [0.2, 0.25) is 0 Å². The summed E-state index contributed by atoms with van der Waals surface area (Å²) in [7, 11) is -3.03. The highest BCUT2D eigenvalue weighted by Crippen LogP contribution is 2.23. The van der Waals surface area contributed by atoms with E-state index in [-0.39, 0.29) is 18.4 Å². The summed E-state index contributed by atoms with van der Waals surface area (Å²) in [5.41, 5.74) is 0. The maximum Gasteiger partial charge on any atom is 0.407 e. The molecule has 0 aliphatic carbocycles. The topological polar surface area (TPSA) is 72.5 Å². The van der Waals surface area contributed by atoms with Crippen LogP contribution in [0, 0.1) is 0 Å². The van der Waals surface area contributed by atoms with Gasteiger partial charge in [-0.15, -0.1) is 0 Å². The first-order chi connectivity index (χ1) is 6.59. The minimum absolute atomic E-state index is 0.183. The number of nitrogens with one attached hydrogen (secondary N) is 1. The van der Waals surface area contributed by atoms with Crippen LogP contribution in [0.25, 0.3) is 0 Å². The highest BCUT2D eigenvalue weighted by atomic mass is 32.2. The first kappa shape index (κ1) is 9.76. The molecule has 0 spiro atoms. The van der Waals surface area contributed by atoms with Crippen molar-refractivity contribution in [2.24, 2.45) is 0 Å². The summed E-state index contributed by atoms with van der Waals surface area (Å²) in [4.78, 5) is 10.8. The highest BCUT2D eigenvalue weighted by Gasteiger charge is 2.39. The first-order valence-electron chi connectivity index (χ1n) is 4.74. The quantitative estimate of drug-likeness (QED) is 0.677. The molecule has 0 bridgehead atoms. The second-order valence-electron chi connectivity index (χ2n) is 3.75. The van der Waals surface area contributed by atoms with Crippen molar-refractivity contribution in [2.75, 3.05) is 12.4 Å². The molecule has 2 aliphatic heterocycles. The molecule has 2 rings (SSSR count). The molecule has 0 radical (unpaired) electrons. The Hall–Kier alpha value is -0.780. The van der Waals surface area contributed by atoms with Crippen molar-refractivity contribution in [3.8, 4) is 0 Å². The maximum absolute atomic E-state index is 11.7. The van der Waals surface area contributed by atoms with E-state index in [1.807, 2.05) is 0 Å². The highest BCUT2D eigenvalue weighted by molar-refractivity contribution is 7.92.